The molecule has 0 atom stereocenters. The predicted octanol–water partition coefficient (Wildman–Crippen LogP) is 2.52. The Morgan fingerprint density at radius 1 is 1.32 bits per heavy atom. The van der Waals surface area contributed by atoms with E-state index in [1.807, 2.05) is 26.0 Å². The molecule has 0 aromatic carbocycles. The summed E-state index contributed by atoms with van der Waals surface area (Å²) in [5, 5.41) is 1.69. The van der Waals surface area contributed by atoms with Crippen LogP contribution in [0.25, 0.3) is 10.9 Å². The first-order chi connectivity index (χ1) is 9.15. The summed E-state index contributed by atoms with van der Waals surface area (Å²) >= 11 is 1.64. The highest BCUT2D eigenvalue weighted by Gasteiger charge is 2.08. The average molecular weight is 271 g/mol. The van der Waals surface area contributed by atoms with Gasteiger partial charge in [0.15, 0.2) is 0 Å². The van der Waals surface area contributed by atoms with Crippen molar-refractivity contribution in [3.8, 4) is 0 Å². The van der Waals surface area contributed by atoms with Crippen LogP contribution in [0.4, 0.5) is 0 Å². The van der Waals surface area contributed by atoms with Crippen molar-refractivity contribution in [1.82, 2.24) is 14.5 Å². The molecular weight excluding hydrogens is 258 g/mol. The van der Waals surface area contributed by atoms with E-state index >= 15 is 0 Å². The standard InChI is InChI=1S/C14H13N3OS/c1-9-13(19-10(2)16-9)8-17-7-5-12-11(14(17)18)4-3-6-15-12/h3-7H,8H2,1-2H3. The summed E-state index contributed by atoms with van der Waals surface area (Å²) in [6.45, 7) is 4.53. The maximum Gasteiger partial charge on any atom is 0.260 e. The molecule has 0 spiro atoms. The number of thiazole rings is 1. The SMILES string of the molecule is Cc1nc(C)c(Cn2ccc3ncccc3c2=O)s1. The van der Waals surface area contributed by atoms with E-state index in [2.05, 4.69) is 9.97 Å². The highest BCUT2D eigenvalue weighted by molar-refractivity contribution is 7.11. The van der Waals surface area contributed by atoms with Gasteiger partial charge in [-0.15, -0.1) is 11.3 Å². The Labute approximate surface area is 114 Å². The predicted molar refractivity (Wildman–Crippen MR) is 76.7 cm³/mol. The largest absolute Gasteiger partial charge is 0.310 e. The molecule has 0 saturated heterocycles. The smallest absolute Gasteiger partial charge is 0.260 e. The summed E-state index contributed by atoms with van der Waals surface area (Å²) in [5.41, 5.74) is 1.73. The Hall–Kier alpha value is -2.01. The molecule has 0 aliphatic carbocycles. The minimum atomic E-state index is -0.00365. The Kier molecular flexibility index (Phi) is 2.91. The van der Waals surface area contributed by atoms with Gasteiger partial charge in [-0.2, -0.15) is 0 Å². The van der Waals surface area contributed by atoms with Crippen molar-refractivity contribution in [1.29, 1.82) is 0 Å². The number of rotatable bonds is 2. The van der Waals surface area contributed by atoms with E-state index < -0.39 is 0 Å². The molecule has 4 nitrogen and oxygen atoms in total. The summed E-state index contributed by atoms with van der Waals surface area (Å²) in [5.74, 6) is 0. The Balaban J connectivity index is 2.09. The van der Waals surface area contributed by atoms with Gasteiger partial charge in [0.2, 0.25) is 0 Å². The van der Waals surface area contributed by atoms with E-state index in [4.69, 9.17) is 0 Å². The third-order valence-corrected chi connectivity index (χ3v) is 4.11. The molecule has 0 aliphatic heterocycles. The van der Waals surface area contributed by atoms with Crippen LogP contribution >= 0.6 is 11.3 Å². The zero-order chi connectivity index (χ0) is 13.4. The number of aryl methyl sites for hydroxylation is 2. The zero-order valence-corrected chi connectivity index (χ0v) is 11.6. The Morgan fingerprint density at radius 2 is 2.16 bits per heavy atom. The van der Waals surface area contributed by atoms with E-state index in [0.717, 1.165) is 21.1 Å². The molecule has 0 N–H and O–H groups in total. The highest BCUT2D eigenvalue weighted by Crippen LogP contribution is 2.18. The van der Waals surface area contributed by atoms with Gasteiger partial charge in [0, 0.05) is 17.3 Å². The van der Waals surface area contributed by atoms with E-state index in [0.29, 0.717) is 11.9 Å². The van der Waals surface area contributed by atoms with E-state index in [-0.39, 0.29) is 5.56 Å². The van der Waals surface area contributed by atoms with Crippen LogP contribution in [0.15, 0.2) is 35.4 Å². The van der Waals surface area contributed by atoms with Crippen molar-refractivity contribution in [3.63, 3.8) is 0 Å². The molecule has 0 radical (unpaired) electrons. The second-order valence-corrected chi connectivity index (χ2v) is 5.71. The van der Waals surface area contributed by atoms with Crippen molar-refractivity contribution < 1.29 is 0 Å². The van der Waals surface area contributed by atoms with Crippen LogP contribution in [0, 0.1) is 13.8 Å². The molecule has 5 heteroatoms. The molecule has 3 aromatic heterocycles. The van der Waals surface area contributed by atoms with Gasteiger partial charge in [0.05, 0.1) is 28.1 Å². The molecule has 19 heavy (non-hydrogen) atoms. The minimum absolute atomic E-state index is 0.00365. The number of aromatic nitrogens is 3. The quantitative estimate of drug-likeness (QED) is 0.719. The molecule has 0 bridgehead atoms. The van der Waals surface area contributed by atoms with Crippen molar-refractivity contribution in [2.45, 2.75) is 20.4 Å². The van der Waals surface area contributed by atoms with Crippen molar-refractivity contribution in [2.75, 3.05) is 0 Å². The van der Waals surface area contributed by atoms with Gasteiger partial charge in [-0.3, -0.25) is 9.78 Å². The summed E-state index contributed by atoms with van der Waals surface area (Å²) in [7, 11) is 0. The van der Waals surface area contributed by atoms with Crippen molar-refractivity contribution in [2.24, 2.45) is 0 Å². The van der Waals surface area contributed by atoms with Crippen LogP contribution < -0.4 is 5.56 Å². The maximum atomic E-state index is 12.4. The van der Waals surface area contributed by atoms with Crippen LogP contribution in [0.5, 0.6) is 0 Å². The van der Waals surface area contributed by atoms with Gasteiger partial charge in [-0.1, -0.05) is 0 Å². The third-order valence-electron chi connectivity index (χ3n) is 3.06. The fourth-order valence-corrected chi connectivity index (χ4v) is 3.05. The first-order valence-electron chi connectivity index (χ1n) is 6.02. The molecular formula is C14H13N3OS. The molecule has 0 aliphatic rings. The molecule has 0 unspecified atom stereocenters. The normalized spacial score (nSPS) is 11.1. The van der Waals surface area contributed by atoms with E-state index in [9.17, 15) is 4.79 Å². The zero-order valence-electron chi connectivity index (χ0n) is 10.8. The van der Waals surface area contributed by atoms with Gasteiger partial charge in [-0.25, -0.2) is 4.98 Å². The van der Waals surface area contributed by atoms with E-state index in [1.54, 1.807) is 34.4 Å². The van der Waals surface area contributed by atoms with Crippen molar-refractivity contribution in [3.05, 3.63) is 56.5 Å². The van der Waals surface area contributed by atoms with Crippen molar-refractivity contribution >= 4 is 22.2 Å². The maximum absolute atomic E-state index is 12.4. The molecule has 3 aromatic rings. The summed E-state index contributed by atoms with van der Waals surface area (Å²) in [6, 6.07) is 5.47. The minimum Gasteiger partial charge on any atom is -0.310 e. The lowest BCUT2D eigenvalue weighted by molar-refractivity contribution is 0.772. The Morgan fingerprint density at radius 3 is 2.89 bits per heavy atom. The second-order valence-electron chi connectivity index (χ2n) is 4.43. The lowest BCUT2D eigenvalue weighted by Gasteiger charge is -2.05. The average Bonchev–Trinajstić information content (AvgIpc) is 2.72. The van der Waals surface area contributed by atoms with Crippen LogP contribution in [-0.4, -0.2) is 14.5 Å². The first-order valence-corrected chi connectivity index (χ1v) is 6.84. The van der Waals surface area contributed by atoms with Gasteiger partial charge in [-0.05, 0) is 32.0 Å². The van der Waals surface area contributed by atoms with Crippen LogP contribution in [0.1, 0.15) is 15.6 Å². The van der Waals surface area contributed by atoms with Gasteiger partial charge in [0.25, 0.3) is 5.56 Å². The van der Waals surface area contributed by atoms with E-state index in [1.165, 1.54) is 0 Å². The molecule has 3 rings (SSSR count). The lowest BCUT2D eigenvalue weighted by atomic mass is 10.2. The van der Waals surface area contributed by atoms with Crippen LogP contribution in [0.2, 0.25) is 0 Å². The first kappa shape index (κ1) is 12.0. The molecule has 0 amide bonds. The molecule has 96 valence electrons. The topological polar surface area (TPSA) is 47.8 Å². The third kappa shape index (κ3) is 2.17. The molecule has 3 heterocycles. The monoisotopic (exact) mass is 271 g/mol. The number of hydrogen-bond donors (Lipinski definition) is 0. The van der Waals surface area contributed by atoms with Gasteiger partial charge in [0.1, 0.15) is 0 Å². The number of hydrogen-bond acceptors (Lipinski definition) is 4. The second kappa shape index (κ2) is 4.59. The van der Waals surface area contributed by atoms with Crippen LogP contribution in [-0.2, 0) is 6.54 Å². The van der Waals surface area contributed by atoms with Gasteiger partial charge >= 0.3 is 0 Å². The number of fused-ring (bicyclic) bond motifs is 1. The molecule has 0 fully saturated rings. The Bertz CT molecular complexity index is 804. The summed E-state index contributed by atoms with van der Waals surface area (Å²) in [6.07, 6.45) is 3.50. The lowest BCUT2D eigenvalue weighted by Crippen LogP contribution is -2.20. The van der Waals surface area contributed by atoms with Crippen LogP contribution in [0.3, 0.4) is 0 Å². The summed E-state index contributed by atoms with van der Waals surface area (Å²) in [4.78, 5) is 22.1. The highest BCUT2D eigenvalue weighted by atomic mass is 32.1. The number of pyridine rings is 2. The number of nitrogens with zero attached hydrogens (tertiary/aromatic N) is 3. The van der Waals surface area contributed by atoms with Gasteiger partial charge < -0.3 is 4.57 Å². The summed E-state index contributed by atoms with van der Waals surface area (Å²) < 4.78 is 1.71. The fourth-order valence-electron chi connectivity index (χ4n) is 2.11. The molecule has 0 saturated carbocycles. The fraction of sp³-hybridized carbons (Fsp3) is 0.214.